The molecule has 1 aromatic heterocycles. The van der Waals surface area contributed by atoms with Crippen molar-refractivity contribution in [2.45, 2.75) is 50.4 Å². The molecule has 6 heteroatoms. The summed E-state index contributed by atoms with van der Waals surface area (Å²) in [5, 5.41) is 2.89. The predicted octanol–water partition coefficient (Wildman–Crippen LogP) is 3.27. The summed E-state index contributed by atoms with van der Waals surface area (Å²) in [6, 6.07) is 7.87. The van der Waals surface area contributed by atoms with E-state index in [0.29, 0.717) is 37.1 Å². The minimum absolute atomic E-state index is 0.0266. The highest BCUT2D eigenvalue weighted by atomic mass is 19.1. The number of aromatic amines is 1. The Balaban J connectivity index is 1.56. The number of nitrogens with one attached hydrogen (secondary N) is 2. The second-order valence-corrected chi connectivity index (χ2v) is 7.86. The summed E-state index contributed by atoms with van der Waals surface area (Å²) < 4.78 is 13.3. The molecule has 1 heterocycles. The molecule has 0 atom stereocenters. The number of carbonyl (C=O) groups is 2. The Kier molecular flexibility index (Phi) is 4.87. The lowest BCUT2D eigenvalue weighted by molar-refractivity contribution is 0.0941. The molecule has 0 saturated heterocycles. The number of rotatable bonds is 4. The molecule has 0 spiro atoms. The van der Waals surface area contributed by atoms with Crippen molar-refractivity contribution in [3.8, 4) is 0 Å². The molecule has 0 radical (unpaired) electrons. The molecule has 2 N–H and O–H groups in total. The van der Waals surface area contributed by atoms with Crippen LogP contribution in [0.3, 0.4) is 0 Å². The average molecular weight is 382 g/mol. The Morgan fingerprint density at radius 3 is 2.50 bits per heavy atom. The third-order valence-corrected chi connectivity index (χ3v) is 6.10. The summed E-state index contributed by atoms with van der Waals surface area (Å²) in [5.74, 6) is -0.799. The second kappa shape index (κ2) is 7.34. The van der Waals surface area contributed by atoms with Gasteiger partial charge >= 0.3 is 0 Å². The van der Waals surface area contributed by atoms with Crippen LogP contribution < -0.4 is 10.9 Å². The maximum Gasteiger partial charge on any atom is 0.261 e. The highest BCUT2D eigenvalue weighted by molar-refractivity contribution is 6.01. The molecular formula is C22H23FN2O3. The van der Waals surface area contributed by atoms with Gasteiger partial charge in [0.1, 0.15) is 11.4 Å². The molecule has 4 rings (SSSR count). The van der Waals surface area contributed by atoms with Crippen molar-refractivity contribution in [3.05, 3.63) is 68.9 Å². The van der Waals surface area contributed by atoms with E-state index in [9.17, 15) is 18.8 Å². The monoisotopic (exact) mass is 382 g/mol. The Hall–Kier alpha value is -2.76. The topological polar surface area (TPSA) is 79.0 Å². The lowest BCUT2D eigenvalue weighted by atomic mass is 9.78. The fourth-order valence-electron chi connectivity index (χ4n) is 4.51. The van der Waals surface area contributed by atoms with Crippen LogP contribution in [-0.4, -0.2) is 23.2 Å². The summed E-state index contributed by atoms with van der Waals surface area (Å²) >= 11 is 0. The van der Waals surface area contributed by atoms with Gasteiger partial charge in [0, 0.05) is 29.6 Å². The fraction of sp³-hybridized carbons (Fsp3) is 0.409. The smallest absolute Gasteiger partial charge is 0.261 e. The van der Waals surface area contributed by atoms with Gasteiger partial charge in [-0.15, -0.1) is 0 Å². The van der Waals surface area contributed by atoms with Gasteiger partial charge in [0.15, 0.2) is 5.78 Å². The lowest BCUT2D eigenvalue weighted by Gasteiger charge is -2.30. The number of carbonyl (C=O) groups excluding carboxylic acids is 2. The maximum absolute atomic E-state index is 13.3. The van der Waals surface area contributed by atoms with Gasteiger partial charge < -0.3 is 10.3 Å². The van der Waals surface area contributed by atoms with Crippen molar-refractivity contribution in [2.75, 3.05) is 6.54 Å². The summed E-state index contributed by atoms with van der Waals surface area (Å²) in [4.78, 5) is 39.9. The van der Waals surface area contributed by atoms with Gasteiger partial charge in [0.05, 0.1) is 0 Å². The van der Waals surface area contributed by atoms with Crippen molar-refractivity contribution >= 4 is 11.7 Å². The van der Waals surface area contributed by atoms with Gasteiger partial charge in [-0.05, 0) is 49.4 Å². The van der Waals surface area contributed by atoms with Gasteiger partial charge in [-0.25, -0.2) is 4.39 Å². The standard InChI is InChI=1S/C22H23FN2O3/c23-15-8-6-14(7-9-15)22(10-1-2-11-22)13-24-20(27)17-12-16-18(25-21(17)28)4-3-5-19(16)26/h6-9,12H,1-5,10-11,13H2,(H,24,27)(H,25,28). The minimum Gasteiger partial charge on any atom is -0.351 e. The highest BCUT2D eigenvalue weighted by Crippen LogP contribution is 2.40. The molecule has 2 aromatic rings. The van der Waals surface area contributed by atoms with E-state index in [4.69, 9.17) is 0 Å². The first-order chi connectivity index (χ1) is 13.5. The van der Waals surface area contributed by atoms with Crippen LogP contribution in [0.1, 0.15) is 70.5 Å². The van der Waals surface area contributed by atoms with Crippen LogP contribution >= 0.6 is 0 Å². The van der Waals surface area contributed by atoms with Crippen LogP contribution in [0.5, 0.6) is 0 Å². The molecule has 1 fully saturated rings. The highest BCUT2D eigenvalue weighted by Gasteiger charge is 2.36. The first kappa shape index (κ1) is 18.6. The van der Waals surface area contributed by atoms with Gasteiger partial charge in [0.25, 0.3) is 11.5 Å². The number of Topliss-reactive ketones (excluding diaryl/α,β-unsaturated/α-hetero) is 1. The number of amides is 1. The molecule has 1 saturated carbocycles. The van der Waals surface area contributed by atoms with Crippen molar-refractivity contribution in [1.82, 2.24) is 10.3 Å². The zero-order valence-electron chi connectivity index (χ0n) is 15.6. The number of hydrogen-bond acceptors (Lipinski definition) is 3. The minimum atomic E-state index is -0.476. The molecule has 1 aromatic carbocycles. The molecule has 2 aliphatic carbocycles. The summed E-state index contributed by atoms with van der Waals surface area (Å²) in [5.41, 5.74) is 1.33. The van der Waals surface area contributed by atoms with E-state index in [1.807, 2.05) is 0 Å². The number of hydrogen-bond donors (Lipinski definition) is 2. The van der Waals surface area contributed by atoms with Crippen molar-refractivity contribution in [3.63, 3.8) is 0 Å². The number of fused-ring (bicyclic) bond motifs is 1. The third-order valence-electron chi connectivity index (χ3n) is 6.10. The SMILES string of the molecule is O=C1CCCc2[nH]c(=O)c(C(=O)NCC3(c4ccc(F)cc4)CCCC3)cc21. The van der Waals surface area contributed by atoms with E-state index in [1.54, 1.807) is 12.1 Å². The van der Waals surface area contributed by atoms with E-state index in [-0.39, 0.29) is 22.6 Å². The first-order valence-electron chi connectivity index (χ1n) is 9.82. The van der Waals surface area contributed by atoms with Crippen molar-refractivity contribution in [2.24, 2.45) is 0 Å². The molecule has 0 bridgehead atoms. The van der Waals surface area contributed by atoms with E-state index in [1.165, 1.54) is 18.2 Å². The zero-order chi connectivity index (χ0) is 19.7. The van der Waals surface area contributed by atoms with Crippen LogP contribution in [0.15, 0.2) is 35.1 Å². The second-order valence-electron chi connectivity index (χ2n) is 7.86. The van der Waals surface area contributed by atoms with Crippen LogP contribution in [-0.2, 0) is 11.8 Å². The van der Waals surface area contributed by atoms with Crippen molar-refractivity contribution in [1.29, 1.82) is 0 Å². The molecule has 5 nitrogen and oxygen atoms in total. The van der Waals surface area contributed by atoms with E-state index in [0.717, 1.165) is 31.2 Å². The number of aryl methyl sites for hydroxylation is 1. The fourth-order valence-corrected chi connectivity index (χ4v) is 4.51. The van der Waals surface area contributed by atoms with Crippen LogP contribution in [0, 0.1) is 5.82 Å². The number of ketones is 1. The van der Waals surface area contributed by atoms with E-state index >= 15 is 0 Å². The quantitative estimate of drug-likeness (QED) is 0.852. The summed E-state index contributed by atoms with van der Waals surface area (Å²) in [7, 11) is 0. The Morgan fingerprint density at radius 1 is 1.07 bits per heavy atom. The van der Waals surface area contributed by atoms with Gasteiger partial charge in [-0.3, -0.25) is 14.4 Å². The van der Waals surface area contributed by atoms with Crippen molar-refractivity contribution < 1.29 is 14.0 Å². The predicted molar refractivity (Wildman–Crippen MR) is 103 cm³/mol. The zero-order valence-corrected chi connectivity index (χ0v) is 15.6. The maximum atomic E-state index is 13.3. The van der Waals surface area contributed by atoms with Gasteiger partial charge in [0.2, 0.25) is 0 Å². The molecule has 1 amide bonds. The molecule has 0 unspecified atom stereocenters. The van der Waals surface area contributed by atoms with E-state index < -0.39 is 11.5 Å². The van der Waals surface area contributed by atoms with Crippen LogP contribution in [0.4, 0.5) is 4.39 Å². The molecular weight excluding hydrogens is 359 g/mol. The number of aromatic nitrogens is 1. The first-order valence-corrected chi connectivity index (χ1v) is 9.82. The number of halogens is 1. The molecule has 2 aliphatic rings. The number of pyridine rings is 1. The average Bonchev–Trinajstić information content (AvgIpc) is 3.16. The number of benzene rings is 1. The Bertz CT molecular complexity index is 972. The summed E-state index contributed by atoms with van der Waals surface area (Å²) in [6.45, 7) is 0.377. The lowest BCUT2D eigenvalue weighted by Crippen LogP contribution is -2.41. The van der Waals surface area contributed by atoms with Gasteiger partial charge in [-0.1, -0.05) is 25.0 Å². The molecule has 0 aliphatic heterocycles. The largest absolute Gasteiger partial charge is 0.351 e. The van der Waals surface area contributed by atoms with Gasteiger partial charge in [-0.2, -0.15) is 0 Å². The Morgan fingerprint density at radius 2 is 1.79 bits per heavy atom. The molecule has 146 valence electrons. The van der Waals surface area contributed by atoms with Crippen LogP contribution in [0.25, 0.3) is 0 Å². The summed E-state index contributed by atoms with van der Waals surface area (Å²) in [6.07, 6.45) is 5.69. The normalized spacial score (nSPS) is 18.0. The van der Waals surface area contributed by atoms with E-state index in [2.05, 4.69) is 10.3 Å². The number of H-pyrrole nitrogens is 1. The van der Waals surface area contributed by atoms with Crippen LogP contribution in [0.2, 0.25) is 0 Å². The Labute approximate surface area is 162 Å². The molecule has 28 heavy (non-hydrogen) atoms. The third kappa shape index (κ3) is 3.39.